The lowest BCUT2D eigenvalue weighted by atomic mass is 9.35. The Balaban J connectivity index is 1.23. The van der Waals surface area contributed by atoms with Crippen molar-refractivity contribution in [1.82, 2.24) is 0 Å². The highest BCUT2D eigenvalue weighted by Gasteiger charge is 2.52. The maximum atomic E-state index is 9.81. The van der Waals surface area contributed by atoms with Crippen molar-refractivity contribution in [2.24, 2.45) is 0 Å². The molecule has 0 saturated heterocycles. The number of nitrogens with zero attached hydrogens (tertiary/aromatic N) is 3. The zero-order chi connectivity index (χ0) is 64.9. The predicted molar refractivity (Wildman–Crippen MR) is 347 cm³/mol. The predicted octanol–water partition coefficient (Wildman–Crippen LogP) is 19.5. The van der Waals surface area contributed by atoms with Crippen LogP contribution >= 0.6 is 11.3 Å². The first-order valence-corrected chi connectivity index (χ1v) is 30.4. The van der Waals surface area contributed by atoms with Crippen LogP contribution in [0.15, 0.2) is 133 Å². The number of hydrogen-bond donors (Lipinski definition) is 0. The van der Waals surface area contributed by atoms with Gasteiger partial charge in [0.25, 0.3) is 6.71 Å². The van der Waals surface area contributed by atoms with Gasteiger partial charge in [0.15, 0.2) is 0 Å². The minimum atomic E-state index is -0.609. The second-order valence-corrected chi connectivity index (χ2v) is 31.4. The number of para-hydroxylation sites is 2. The Morgan fingerprint density at radius 3 is 1.54 bits per heavy atom. The summed E-state index contributed by atoms with van der Waals surface area (Å²) >= 11 is 1.89. The number of hydrogen-bond acceptors (Lipinski definition) is 4. The fourth-order valence-corrected chi connectivity index (χ4v) is 17.0. The van der Waals surface area contributed by atoms with Gasteiger partial charge in [0.1, 0.15) is 0 Å². The number of benzene rings is 7. The van der Waals surface area contributed by atoms with E-state index in [9.17, 15) is 11.0 Å². The van der Waals surface area contributed by atoms with Crippen LogP contribution in [0.4, 0.5) is 51.2 Å². The molecule has 3 aliphatic heterocycles. The molecule has 80 heavy (non-hydrogen) atoms. The van der Waals surface area contributed by atoms with E-state index < -0.39 is 60.4 Å². The molecule has 4 heterocycles. The van der Waals surface area contributed by atoms with E-state index in [0.29, 0.717) is 0 Å². The largest absolute Gasteiger partial charge is 0.311 e. The van der Waals surface area contributed by atoms with Gasteiger partial charge in [-0.3, -0.25) is 0 Å². The summed E-state index contributed by atoms with van der Waals surface area (Å²) in [6, 6.07) is 22.4. The van der Waals surface area contributed by atoms with Crippen molar-refractivity contribution < 1.29 is 13.7 Å². The molecule has 0 N–H and O–H groups in total. The number of thiophene rings is 1. The molecule has 0 saturated carbocycles. The Bertz CT molecular complexity index is 4370. The van der Waals surface area contributed by atoms with Crippen molar-refractivity contribution in [3.63, 3.8) is 0 Å². The van der Waals surface area contributed by atoms with Crippen LogP contribution in [-0.4, -0.2) is 6.71 Å². The molecule has 5 heteroatoms. The van der Waals surface area contributed by atoms with Gasteiger partial charge in [-0.2, -0.15) is 0 Å². The van der Waals surface area contributed by atoms with Crippen molar-refractivity contribution in [2.75, 3.05) is 14.7 Å². The maximum absolute atomic E-state index is 9.81. The second-order valence-electron chi connectivity index (χ2n) is 30.3. The molecular weight excluding hydrogens is 986 g/mol. The molecule has 14 rings (SSSR count). The van der Waals surface area contributed by atoms with Crippen molar-refractivity contribution in [1.29, 1.82) is 0 Å². The van der Waals surface area contributed by atoms with Crippen LogP contribution in [0.5, 0.6) is 0 Å². The lowest BCUT2D eigenvalue weighted by Crippen LogP contribution is -2.61. The average Bonchev–Trinajstić information content (AvgIpc) is 1.24. The molecule has 1 aromatic heterocycles. The first kappa shape index (κ1) is 41.9. The van der Waals surface area contributed by atoms with Crippen molar-refractivity contribution in [3.05, 3.63) is 178 Å². The summed E-state index contributed by atoms with van der Waals surface area (Å²) in [5.74, 6) is 0. The molecular formula is C75H84BN3S. The fourth-order valence-electron chi connectivity index (χ4n) is 15.7. The lowest BCUT2D eigenvalue weighted by molar-refractivity contribution is 0.208. The van der Waals surface area contributed by atoms with Crippen LogP contribution in [-0.2, 0) is 43.3 Å². The van der Waals surface area contributed by atoms with Crippen molar-refractivity contribution in [3.8, 4) is 0 Å². The van der Waals surface area contributed by atoms with Crippen molar-refractivity contribution in [2.45, 2.75) is 199 Å². The van der Waals surface area contributed by atoms with Crippen LogP contribution in [0.2, 0.25) is 0 Å². The summed E-state index contributed by atoms with van der Waals surface area (Å²) in [6.45, 7) is 37.4. The second kappa shape index (κ2) is 16.8. The molecule has 7 aromatic carbocycles. The van der Waals surface area contributed by atoms with Gasteiger partial charge >= 0.3 is 0 Å². The maximum Gasteiger partial charge on any atom is 0.264 e. The minimum absolute atomic E-state index is 0.0875. The zero-order valence-electron chi connectivity index (χ0n) is 60.2. The Morgan fingerprint density at radius 1 is 0.475 bits per heavy atom. The van der Waals surface area contributed by atoms with E-state index in [-0.39, 0.29) is 67.1 Å². The van der Waals surface area contributed by atoms with Gasteiger partial charge in [-0.05, 0) is 222 Å². The van der Waals surface area contributed by atoms with Crippen LogP contribution in [0.1, 0.15) is 214 Å². The van der Waals surface area contributed by atoms with E-state index in [1.807, 2.05) is 23.5 Å². The SMILES string of the molecule is [2H]c1c([2H])c([2H])c(N(c2cc3c4c(c2)N2c5ccc6c(c5)C(C)(CCC6(C)C)CC5(C)CCC(C)(C)c6cc7sc(c2c7cc65)B4c2cc4c(cc2N3c2cc(C(C)(C)C)cc(C(C)(C)C)c2)C(C)(C)CCC4(C)C)c2c([2H])c([2H])c([2H])c([2H])c2[2H])c([2H])c1[2H]. The molecule has 3 nitrogen and oxygen atoms in total. The topological polar surface area (TPSA) is 9.72 Å². The molecule has 0 fully saturated rings. The summed E-state index contributed by atoms with van der Waals surface area (Å²) in [7, 11) is 0. The molecule has 0 amide bonds. The Morgan fingerprint density at radius 2 is 0.975 bits per heavy atom. The Hall–Kier alpha value is -6.04. The third-order valence-corrected chi connectivity index (χ3v) is 22.0. The minimum Gasteiger partial charge on any atom is -0.311 e. The summed E-state index contributed by atoms with van der Waals surface area (Å²) < 4.78 is 96.4. The normalized spacial score (nSPS) is 24.1. The number of rotatable bonds is 4. The van der Waals surface area contributed by atoms with Gasteiger partial charge < -0.3 is 14.7 Å². The molecule has 2 atom stereocenters. The molecule has 0 radical (unpaired) electrons. The van der Waals surface area contributed by atoms with Gasteiger partial charge in [0.05, 0.1) is 25.1 Å². The van der Waals surface area contributed by atoms with E-state index in [1.165, 1.54) is 53.2 Å². The van der Waals surface area contributed by atoms with Crippen LogP contribution in [0.25, 0.3) is 10.1 Å². The van der Waals surface area contributed by atoms with E-state index in [0.717, 1.165) is 101 Å². The van der Waals surface area contributed by atoms with Gasteiger partial charge in [0, 0.05) is 54.7 Å². The lowest BCUT2D eigenvalue weighted by Gasteiger charge is -2.51. The molecule has 0 spiro atoms. The van der Waals surface area contributed by atoms with Gasteiger partial charge in [-0.1, -0.05) is 165 Å². The third kappa shape index (κ3) is 7.63. The van der Waals surface area contributed by atoms with Gasteiger partial charge in [0.2, 0.25) is 0 Å². The third-order valence-electron chi connectivity index (χ3n) is 20.7. The molecule has 6 aliphatic rings. The Labute approximate surface area is 498 Å². The number of fused-ring (bicyclic) bond motifs is 7. The highest BCUT2D eigenvalue weighted by Crippen LogP contribution is 2.60. The first-order valence-electron chi connectivity index (χ1n) is 34.5. The van der Waals surface area contributed by atoms with E-state index in [1.54, 1.807) is 0 Å². The van der Waals surface area contributed by atoms with Crippen molar-refractivity contribution >= 4 is 95.0 Å². The zero-order valence-corrected chi connectivity index (χ0v) is 51.0. The summed E-state index contributed by atoms with van der Waals surface area (Å²) in [4.78, 5) is 6.26. The summed E-state index contributed by atoms with van der Waals surface area (Å²) in [6.07, 6.45) is 7.19. The molecule has 8 aromatic rings. The Kier molecular flexibility index (Phi) is 8.80. The quantitative estimate of drug-likeness (QED) is 0.163. The summed E-state index contributed by atoms with van der Waals surface area (Å²) in [5, 5.41) is 1.16. The van der Waals surface area contributed by atoms with E-state index >= 15 is 0 Å². The van der Waals surface area contributed by atoms with Crippen LogP contribution < -0.4 is 30.4 Å². The van der Waals surface area contributed by atoms with Gasteiger partial charge in [-0.15, -0.1) is 11.3 Å². The number of anilines is 9. The van der Waals surface area contributed by atoms with Crippen LogP contribution in [0, 0.1) is 0 Å². The smallest absolute Gasteiger partial charge is 0.264 e. The monoisotopic (exact) mass is 1080 g/mol. The van der Waals surface area contributed by atoms with E-state index in [2.05, 4.69) is 181 Å². The summed E-state index contributed by atoms with van der Waals surface area (Å²) in [5.41, 5.74) is 16.3. The molecule has 4 bridgehead atoms. The highest BCUT2D eigenvalue weighted by atomic mass is 32.1. The van der Waals surface area contributed by atoms with Crippen LogP contribution in [0.3, 0.4) is 0 Å². The van der Waals surface area contributed by atoms with E-state index in [4.69, 9.17) is 2.74 Å². The van der Waals surface area contributed by atoms with Gasteiger partial charge in [-0.25, -0.2) is 0 Å². The fraction of sp³-hybridized carbons (Fsp3) is 0.413. The first-order chi connectivity index (χ1) is 41.7. The average molecular weight is 1080 g/mol. The molecule has 3 aliphatic carbocycles. The molecule has 2 unspecified atom stereocenters. The highest BCUT2D eigenvalue weighted by molar-refractivity contribution is 7.33. The standard InChI is InChI=1S/C75H84BN3S/c1-68(2,3)46-35-47(69(4,5)6)37-51(36-46)78-61-43-56-55(71(9,10)29-30-72(56,11)12)42-60(61)76-65-62(78)39-52(77(48-23-19-17-20-24-48)49-25-21-18-22-26-49)40-63(65)79-50-27-28-54-58(38-50)74(15,33-31-70(54,7)8)45-75(16)34-32-73(13,14)57-44-64-53(41-59(57)75)66(79)67(76)80-64/h17-28,35-44H,29-34,45H2,1-16H3/i17D,18D,19D,20D,21D,22D,23D,24D,25D,26D. The molecule has 408 valence electrons.